The molecule has 36 heavy (non-hydrogen) atoms. The van der Waals surface area contributed by atoms with E-state index in [0.717, 1.165) is 0 Å². The van der Waals surface area contributed by atoms with Crippen LogP contribution in [0.2, 0.25) is 0 Å². The zero-order valence-electron chi connectivity index (χ0n) is 19.6. The summed E-state index contributed by atoms with van der Waals surface area (Å²) < 4.78 is 55.0. The van der Waals surface area contributed by atoms with Gasteiger partial charge in [0.15, 0.2) is 0 Å². The minimum Gasteiger partial charge on any atom is -0.392 e. The molecule has 0 fully saturated rings. The quantitative estimate of drug-likeness (QED) is 0.283. The minimum absolute atomic E-state index is 0.113. The molecule has 10 heteroatoms. The van der Waals surface area contributed by atoms with Gasteiger partial charge in [-0.05, 0) is 49.4 Å². The highest BCUT2D eigenvalue weighted by atomic mass is 19.1. The fourth-order valence-electron chi connectivity index (χ4n) is 3.75. The summed E-state index contributed by atoms with van der Waals surface area (Å²) in [5.74, 6) is -4.39. The Morgan fingerprint density at radius 2 is 1.72 bits per heavy atom. The van der Waals surface area contributed by atoms with Gasteiger partial charge in [-0.2, -0.15) is 0 Å². The lowest BCUT2D eigenvalue weighted by Crippen LogP contribution is -2.25. The van der Waals surface area contributed by atoms with Gasteiger partial charge >= 0.3 is 0 Å². The fraction of sp³-hybridized carbons (Fsp3) is 0.231. The first-order chi connectivity index (χ1) is 17.1. The van der Waals surface area contributed by atoms with E-state index in [0.29, 0.717) is 40.9 Å². The predicted molar refractivity (Wildman–Crippen MR) is 126 cm³/mol. The molecule has 6 nitrogen and oxygen atoms in total. The average Bonchev–Trinajstić information content (AvgIpc) is 2.84. The highest BCUT2D eigenvalue weighted by molar-refractivity contribution is 5.96. The number of hydrogen-bond acceptors (Lipinski definition) is 4. The summed E-state index contributed by atoms with van der Waals surface area (Å²) in [6.07, 6.45) is 0.445. The van der Waals surface area contributed by atoms with E-state index >= 15 is 0 Å². The number of aliphatic hydroxyl groups excluding tert-OH is 1. The van der Waals surface area contributed by atoms with Crippen molar-refractivity contribution in [1.29, 1.82) is 0 Å². The Labute approximate surface area is 205 Å². The molecule has 0 heterocycles. The molecule has 2 amide bonds. The second-order valence-corrected chi connectivity index (χ2v) is 8.27. The highest BCUT2D eigenvalue weighted by Crippen LogP contribution is 2.29. The maximum absolute atomic E-state index is 14.3. The topological polar surface area (TPSA) is 81.7 Å². The number of hydrogen-bond donors (Lipinski definition) is 3. The van der Waals surface area contributed by atoms with Gasteiger partial charge in [0.05, 0.1) is 6.61 Å². The van der Waals surface area contributed by atoms with Crippen LogP contribution in [-0.2, 0) is 24.5 Å². The van der Waals surface area contributed by atoms with Gasteiger partial charge in [-0.1, -0.05) is 12.1 Å². The van der Waals surface area contributed by atoms with Crippen LogP contribution in [0.3, 0.4) is 0 Å². The summed E-state index contributed by atoms with van der Waals surface area (Å²) in [6, 6.07) is 9.58. The van der Waals surface area contributed by atoms with E-state index < -0.39 is 41.3 Å². The van der Waals surface area contributed by atoms with E-state index in [1.165, 1.54) is 24.3 Å². The zero-order chi connectivity index (χ0) is 26.4. The maximum atomic E-state index is 14.3. The first kappa shape index (κ1) is 26.8. The molecule has 3 aromatic rings. The van der Waals surface area contributed by atoms with Gasteiger partial charge in [-0.25, -0.2) is 17.6 Å². The van der Waals surface area contributed by atoms with E-state index in [4.69, 9.17) is 0 Å². The molecule has 3 aromatic carbocycles. The van der Waals surface area contributed by atoms with Crippen molar-refractivity contribution in [2.24, 2.45) is 0 Å². The van der Waals surface area contributed by atoms with Gasteiger partial charge in [-0.3, -0.25) is 14.5 Å². The molecule has 0 aromatic heterocycles. The number of aliphatic hydroxyl groups is 1. The van der Waals surface area contributed by atoms with Crippen molar-refractivity contribution in [3.05, 3.63) is 99.6 Å². The molecule has 0 saturated carbocycles. The molecular formula is C26H25F4N3O3. The Bertz CT molecular complexity index is 1250. The SMILES string of the molecule is CC(c1ccc(C(=O)NCc2c(F)cc(F)cc2F)cc1NC=O)N(C)Cc1cc(CO)ccc1F. The molecule has 1 unspecified atom stereocenters. The Morgan fingerprint density at radius 3 is 2.36 bits per heavy atom. The van der Waals surface area contributed by atoms with Gasteiger partial charge in [0.25, 0.3) is 5.91 Å². The standard InChI is InChI=1S/C26H25F4N3O3/c1-15(33(2)12-18-7-16(13-34)3-6-22(18)28)20-5-4-17(8-25(20)32-14-35)26(36)31-11-21-23(29)9-19(27)10-24(21)30/h3-10,14-15,34H,11-13H2,1-2H3,(H,31,36)(H,32,35). The Hall–Kier alpha value is -3.76. The number of amides is 2. The van der Waals surface area contributed by atoms with Crippen molar-refractivity contribution in [2.45, 2.75) is 32.7 Å². The van der Waals surface area contributed by atoms with Crippen LogP contribution in [0.25, 0.3) is 0 Å². The normalized spacial score (nSPS) is 11.9. The molecular weight excluding hydrogens is 478 g/mol. The number of carbonyl (C=O) groups is 2. The van der Waals surface area contributed by atoms with Gasteiger partial charge in [0, 0.05) is 53.6 Å². The van der Waals surface area contributed by atoms with E-state index in [-0.39, 0.29) is 24.8 Å². The first-order valence-electron chi connectivity index (χ1n) is 11.0. The van der Waals surface area contributed by atoms with Crippen molar-refractivity contribution >= 4 is 18.0 Å². The molecule has 0 saturated heterocycles. The molecule has 1 atom stereocenters. The summed E-state index contributed by atoms with van der Waals surface area (Å²) in [4.78, 5) is 25.6. The van der Waals surface area contributed by atoms with Crippen LogP contribution in [0.4, 0.5) is 23.2 Å². The Balaban J connectivity index is 1.78. The lowest BCUT2D eigenvalue weighted by molar-refractivity contribution is -0.105. The number of nitrogens with one attached hydrogen (secondary N) is 2. The number of benzene rings is 3. The van der Waals surface area contributed by atoms with Crippen molar-refractivity contribution in [3.8, 4) is 0 Å². The van der Waals surface area contributed by atoms with Crippen LogP contribution in [-0.4, -0.2) is 29.4 Å². The molecule has 0 aliphatic heterocycles. The third-order valence-electron chi connectivity index (χ3n) is 5.89. The van der Waals surface area contributed by atoms with Gasteiger partial charge in [0.2, 0.25) is 6.41 Å². The van der Waals surface area contributed by atoms with Gasteiger partial charge in [-0.15, -0.1) is 0 Å². The van der Waals surface area contributed by atoms with Crippen LogP contribution in [0.15, 0.2) is 48.5 Å². The van der Waals surface area contributed by atoms with Crippen LogP contribution in [0, 0.1) is 23.3 Å². The number of rotatable bonds is 10. The second kappa shape index (κ2) is 11.8. The molecule has 0 aliphatic carbocycles. The zero-order valence-corrected chi connectivity index (χ0v) is 19.6. The van der Waals surface area contributed by atoms with Crippen LogP contribution in [0.5, 0.6) is 0 Å². The first-order valence-corrected chi connectivity index (χ1v) is 11.0. The maximum Gasteiger partial charge on any atom is 0.251 e. The van der Waals surface area contributed by atoms with E-state index in [1.54, 1.807) is 19.2 Å². The average molecular weight is 503 g/mol. The van der Waals surface area contributed by atoms with E-state index in [1.807, 2.05) is 11.8 Å². The summed E-state index contributed by atoms with van der Waals surface area (Å²) in [5.41, 5.74) is 1.54. The summed E-state index contributed by atoms with van der Waals surface area (Å²) in [7, 11) is 1.76. The van der Waals surface area contributed by atoms with Crippen molar-refractivity contribution in [1.82, 2.24) is 10.2 Å². The monoisotopic (exact) mass is 503 g/mol. The minimum atomic E-state index is -1.12. The third kappa shape index (κ3) is 6.27. The van der Waals surface area contributed by atoms with Crippen LogP contribution >= 0.6 is 0 Å². The molecule has 190 valence electrons. The lowest BCUT2D eigenvalue weighted by Gasteiger charge is -2.27. The molecule has 0 aliphatic rings. The Morgan fingerprint density at radius 1 is 1.03 bits per heavy atom. The molecule has 0 spiro atoms. The predicted octanol–water partition coefficient (Wildman–Crippen LogP) is 4.43. The number of halogens is 4. The summed E-state index contributed by atoms with van der Waals surface area (Å²) >= 11 is 0. The fourth-order valence-corrected chi connectivity index (χ4v) is 3.75. The van der Waals surface area contributed by atoms with Crippen LogP contribution < -0.4 is 10.6 Å². The number of nitrogens with zero attached hydrogens (tertiary/aromatic N) is 1. The molecule has 3 N–H and O–H groups in total. The summed E-state index contributed by atoms with van der Waals surface area (Å²) in [5, 5.41) is 14.2. The smallest absolute Gasteiger partial charge is 0.251 e. The van der Waals surface area contributed by atoms with Gasteiger partial charge < -0.3 is 15.7 Å². The van der Waals surface area contributed by atoms with Crippen molar-refractivity contribution in [2.75, 3.05) is 12.4 Å². The highest BCUT2D eigenvalue weighted by Gasteiger charge is 2.20. The largest absolute Gasteiger partial charge is 0.392 e. The third-order valence-corrected chi connectivity index (χ3v) is 5.89. The van der Waals surface area contributed by atoms with Crippen molar-refractivity contribution in [3.63, 3.8) is 0 Å². The van der Waals surface area contributed by atoms with Crippen LogP contribution in [0.1, 0.15) is 45.6 Å². The number of carbonyl (C=O) groups excluding carboxylic acids is 2. The van der Waals surface area contributed by atoms with E-state index in [9.17, 15) is 32.3 Å². The second-order valence-electron chi connectivity index (χ2n) is 8.27. The summed E-state index contributed by atoms with van der Waals surface area (Å²) in [6.45, 7) is 1.31. The van der Waals surface area contributed by atoms with E-state index in [2.05, 4.69) is 10.6 Å². The lowest BCUT2D eigenvalue weighted by atomic mass is 10.0. The molecule has 0 bridgehead atoms. The number of anilines is 1. The van der Waals surface area contributed by atoms with Crippen molar-refractivity contribution < 1.29 is 32.3 Å². The molecule has 0 radical (unpaired) electrons. The Kier molecular flexibility index (Phi) is 8.78. The van der Waals surface area contributed by atoms with Gasteiger partial charge in [0.1, 0.15) is 23.3 Å². The molecule has 3 rings (SSSR count).